The summed E-state index contributed by atoms with van der Waals surface area (Å²) in [6.45, 7) is 5.94. The number of carbonyl (C=O) groups is 1. The average Bonchev–Trinajstić information content (AvgIpc) is 2.71. The summed E-state index contributed by atoms with van der Waals surface area (Å²) in [5.41, 5.74) is 5.96. The first-order chi connectivity index (χ1) is 10.2. The van der Waals surface area contributed by atoms with Crippen LogP contribution >= 0.6 is 11.3 Å². The Morgan fingerprint density at radius 2 is 2.24 bits per heavy atom. The van der Waals surface area contributed by atoms with E-state index >= 15 is 0 Å². The number of carbonyl (C=O) groups excluding carboxylic acids is 1. The second-order valence-electron chi connectivity index (χ2n) is 5.57. The van der Waals surface area contributed by atoms with Crippen molar-refractivity contribution in [2.45, 2.75) is 58.4 Å². The van der Waals surface area contributed by atoms with Gasteiger partial charge >= 0.3 is 0 Å². The molecule has 1 saturated heterocycles. The Balaban J connectivity index is 2.15. The average molecular weight is 310 g/mol. The van der Waals surface area contributed by atoms with Crippen molar-refractivity contribution in [3.05, 3.63) is 4.88 Å². The highest BCUT2D eigenvalue weighted by molar-refractivity contribution is 7.18. The fraction of sp³-hybridized carbons (Fsp3) is 0.733. The summed E-state index contributed by atoms with van der Waals surface area (Å²) in [7, 11) is 0. The van der Waals surface area contributed by atoms with Gasteiger partial charge in [-0.15, -0.1) is 0 Å². The summed E-state index contributed by atoms with van der Waals surface area (Å²) in [6.07, 6.45) is 6.63. The highest BCUT2D eigenvalue weighted by Gasteiger charge is 2.28. The molecule has 1 aromatic heterocycles. The molecule has 0 radical (unpaired) electrons. The largest absolute Gasteiger partial charge is 0.382 e. The van der Waals surface area contributed by atoms with Crippen LogP contribution in [0.15, 0.2) is 0 Å². The molecule has 5 nitrogen and oxygen atoms in total. The van der Waals surface area contributed by atoms with Gasteiger partial charge in [0.25, 0.3) is 5.91 Å². The second kappa shape index (κ2) is 7.64. The third-order valence-corrected chi connectivity index (χ3v) is 5.00. The fourth-order valence-electron chi connectivity index (χ4n) is 2.79. The molecule has 0 bridgehead atoms. The number of hydrogen-bond acceptors (Lipinski definition) is 5. The Morgan fingerprint density at radius 1 is 1.43 bits per heavy atom. The van der Waals surface area contributed by atoms with Crippen molar-refractivity contribution in [1.82, 2.24) is 9.88 Å². The Kier molecular flexibility index (Phi) is 5.85. The summed E-state index contributed by atoms with van der Waals surface area (Å²) in [5, 5.41) is 3.96. The van der Waals surface area contributed by atoms with Crippen LogP contribution in [0.2, 0.25) is 0 Å². The lowest BCUT2D eigenvalue weighted by atomic mass is 10.1. The van der Waals surface area contributed by atoms with Gasteiger partial charge in [0.05, 0.1) is 0 Å². The smallest absolute Gasteiger partial charge is 0.268 e. The molecule has 0 aliphatic carbocycles. The van der Waals surface area contributed by atoms with Gasteiger partial charge in [-0.1, -0.05) is 38.0 Å². The molecule has 0 spiro atoms. The fourth-order valence-corrected chi connectivity index (χ4v) is 3.66. The molecule has 3 N–H and O–H groups in total. The van der Waals surface area contributed by atoms with Crippen LogP contribution in [-0.2, 0) is 0 Å². The minimum atomic E-state index is 0.0586. The van der Waals surface area contributed by atoms with Crippen LogP contribution in [0.3, 0.4) is 0 Å². The van der Waals surface area contributed by atoms with E-state index in [1.54, 1.807) is 0 Å². The van der Waals surface area contributed by atoms with Crippen molar-refractivity contribution in [3.63, 3.8) is 0 Å². The minimum Gasteiger partial charge on any atom is -0.382 e. The van der Waals surface area contributed by atoms with Gasteiger partial charge in [-0.3, -0.25) is 4.79 Å². The van der Waals surface area contributed by atoms with Crippen LogP contribution < -0.4 is 11.1 Å². The summed E-state index contributed by atoms with van der Waals surface area (Å²) < 4.78 is 0. The van der Waals surface area contributed by atoms with E-state index in [1.165, 1.54) is 24.2 Å². The summed E-state index contributed by atoms with van der Waals surface area (Å²) >= 11 is 1.38. The molecule has 1 aromatic rings. The van der Waals surface area contributed by atoms with Gasteiger partial charge in [-0.25, -0.2) is 4.98 Å². The minimum absolute atomic E-state index is 0.0586. The standard InChI is InChI=1S/C15H26N4OS/c1-3-9-17-15-18-13(16)12(21-15)14(20)19-10-7-5-6-8-11(19)4-2/h11H,3-10,16H2,1-2H3,(H,17,18). The Morgan fingerprint density at radius 3 is 2.95 bits per heavy atom. The number of nitrogens with zero attached hydrogens (tertiary/aromatic N) is 2. The molecule has 118 valence electrons. The predicted molar refractivity (Wildman–Crippen MR) is 88.9 cm³/mol. The van der Waals surface area contributed by atoms with Crippen LogP contribution in [0.5, 0.6) is 0 Å². The van der Waals surface area contributed by atoms with Gasteiger partial charge in [-0.2, -0.15) is 0 Å². The molecular weight excluding hydrogens is 284 g/mol. The number of nitrogens with one attached hydrogen (secondary N) is 1. The topological polar surface area (TPSA) is 71.2 Å². The molecule has 1 fully saturated rings. The zero-order valence-electron chi connectivity index (χ0n) is 13.0. The highest BCUT2D eigenvalue weighted by Crippen LogP contribution is 2.29. The van der Waals surface area contributed by atoms with Crippen LogP contribution in [0, 0.1) is 0 Å². The maximum Gasteiger partial charge on any atom is 0.268 e. The first-order valence-electron chi connectivity index (χ1n) is 7.98. The van der Waals surface area contributed by atoms with Crippen molar-refractivity contribution < 1.29 is 4.79 Å². The lowest BCUT2D eigenvalue weighted by Gasteiger charge is -2.28. The molecule has 2 heterocycles. The molecule has 1 aliphatic rings. The zero-order chi connectivity index (χ0) is 15.2. The van der Waals surface area contributed by atoms with Crippen molar-refractivity contribution in [2.75, 3.05) is 24.1 Å². The number of anilines is 2. The number of likely N-dealkylation sites (tertiary alicyclic amines) is 1. The van der Waals surface area contributed by atoms with Crippen LogP contribution in [0.25, 0.3) is 0 Å². The number of nitrogen functional groups attached to an aromatic ring is 1. The molecule has 1 atom stereocenters. The van der Waals surface area contributed by atoms with E-state index in [0.29, 0.717) is 16.7 Å². The molecule has 1 amide bonds. The van der Waals surface area contributed by atoms with Crippen molar-refractivity contribution in [2.24, 2.45) is 0 Å². The van der Waals surface area contributed by atoms with Crippen LogP contribution in [0.1, 0.15) is 62.0 Å². The van der Waals surface area contributed by atoms with E-state index in [9.17, 15) is 4.79 Å². The third-order valence-electron chi connectivity index (χ3n) is 3.98. The number of hydrogen-bond donors (Lipinski definition) is 2. The monoisotopic (exact) mass is 310 g/mol. The highest BCUT2D eigenvalue weighted by atomic mass is 32.1. The number of aromatic nitrogens is 1. The van der Waals surface area contributed by atoms with Gasteiger partial charge in [0, 0.05) is 19.1 Å². The second-order valence-corrected chi connectivity index (χ2v) is 6.57. The molecule has 0 aromatic carbocycles. The van der Waals surface area contributed by atoms with Crippen molar-refractivity contribution in [1.29, 1.82) is 0 Å². The van der Waals surface area contributed by atoms with E-state index in [4.69, 9.17) is 5.73 Å². The summed E-state index contributed by atoms with van der Waals surface area (Å²) in [4.78, 5) is 19.7. The first kappa shape index (κ1) is 16.1. The molecule has 0 saturated carbocycles. The number of thiazole rings is 1. The van der Waals surface area contributed by atoms with Gasteiger partial charge < -0.3 is 16.0 Å². The molecule has 6 heteroatoms. The van der Waals surface area contributed by atoms with E-state index in [-0.39, 0.29) is 5.91 Å². The summed E-state index contributed by atoms with van der Waals surface area (Å²) in [6, 6.07) is 0.341. The van der Waals surface area contributed by atoms with Gasteiger partial charge in [0.2, 0.25) is 0 Å². The maximum atomic E-state index is 12.8. The molecule has 2 rings (SSSR count). The van der Waals surface area contributed by atoms with Crippen molar-refractivity contribution >= 4 is 28.2 Å². The lowest BCUT2D eigenvalue weighted by Crippen LogP contribution is -2.39. The van der Waals surface area contributed by atoms with Crippen LogP contribution in [0.4, 0.5) is 10.9 Å². The van der Waals surface area contributed by atoms with Gasteiger partial charge in [0.15, 0.2) is 5.13 Å². The van der Waals surface area contributed by atoms with E-state index in [2.05, 4.69) is 24.1 Å². The number of nitrogens with two attached hydrogens (primary N) is 1. The SMILES string of the molecule is CCCNc1nc(N)c(C(=O)N2CCCCCC2CC)s1. The maximum absolute atomic E-state index is 12.8. The van der Waals surface area contributed by atoms with E-state index < -0.39 is 0 Å². The molecule has 1 unspecified atom stereocenters. The van der Waals surface area contributed by atoms with E-state index in [0.717, 1.165) is 43.9 Å². The van der Waals surface area contributed by atoms with Crippen LogP contribution in [-0.4, -0.2) is 34.9 Å². The normalized spacial score (nSPS) is 19.3. The number of rotatable bonds is 5. The molecular formula is C15H26N4OS. The van der Waals surface area contributed by atoms with E-state index in [1.807, 2.05) is 4.90 Å². The molecule has 1 aliphatic heterocycles. The summed E-state index contributed by atoms with van der Waals surface area (Å²) in [5.74, 6) is 0.422. The quantitative estimate of drug-likeness (QED) is 0.875. The number of amides is 1. The zero-order valence-corrected chi connectivity index (χ0v) is 13.8. The lowest BCUT2D eigenvalue weighted by molar-refractivity contribution is 0.0684. The Bertz CT molecular complexity index is 474. The first-order valence-corrected chi connectivity index (χ1v) is 8.80. The van der Waals surface area contributed by atoms with Gasteiger partial charge in [-0.05, 0) is 25.7 Å². The third kappa shape index (κ3) is 3.87. The predicted octanol–water partition coefficient (Wildman–Crippen LogP) is 3.34. The Hall–Kier alpha value is -1.30. The Labute approximate surface area is 130 Å². The van der Waals surface area contributed by atoms with Gasteiger partial charge in [0.1, 0.15) is 10.7 Å². The molecule has 21 heavy (non-hydrogen) atoms. The van der Waals surface area contributed by atoms with Crippen molar-refractivity contribution in [3.8, 4) is 0 Å².